The zero-order valence-corrected chi connectivity index (χ0v) is 19.6. The lowest BCUT2D eigenvalue weighted by Gasteiger charge is -2.17. The minimum Gasteiger partial charge on any atom is -0.442 e. The maximum atomic E-state index is 15.1. The van der Waals surface area contributed by atoms with E-state index in [1.165, 1.54) is 17.9 Å². The first-order valence-electron chi connectivity index (χ1n) is 11.3. The van der Waals surface area contributed by atoms with Gasteiger partial charge in [-0.1, -0.05) is 24.3 Å². The van der Waals surface area contributed by atoms with Gasteiger partial charge in [0.15, 0.2) is 0 Å². The number of hydrogen-bond acceptors (Lipinski definition) is 7. The predicted molar refractivity (Wildman–Crippen MR) is 131 cm³/mol. The Balaban J connectivity index is 1.49. The number of aromatic nitrogens is 1. The zero-order valence-electron chi connectivity index (χ0n) is 19.6. The average molecular weight is 492 g/mol. The number of ether oxygens (including phenoxy) is 1. The van der Waals surface area contributed by atoms with Gasteiger partial charge in [0.1, 0.15) is 29.8 Å². The highest BCUT2D eigenvalue weighted by atomic mass is 19.1. The van der Waals surface area contributed by atoms with E-state index in [0.717, 1.165) is 5.56 Å². The number of benzene rings is 2. The largest absolute Gasteiger partial charge is 0.442 e. The van der Waals surface area contributed by atoms with Crippen LogP contribution in [0.1, 0.15) is 24.1 Å². The lowest BCUT2D eigenvalue weighted by molar-refractivity contribution is -0.121. The number of ketones is 1. The first-order chi connectivity index (χ1) is 17.2. The highest BCUT2D eigenvalue weighted by Gasteiger charge is 2.37. The molecule has 0 bridgehead atoms. The van der Waals surface area contributed by atoms with E-state index in [1.54, 1.807) is 60.9 Å². The quantitative estimate of drug-likeness (QED) is 0.418. The molecule has 10 heteroatoms. The Hall–Kier alpha value is -4.15. The Morgan fingerprint density at radius 2 is 1.86 bits per heavy atom. The molecule has 4 rings (SSSR count). The second-order valence-electron chi connectivity index (χ2n) is 8.53. The molecule has 186 valence electrons. The third-order valence-corrected chi connectivity index (χ3v) is 6.07. The fourth-order valence-electron chi connectivity index (χ4n) is 4.01. The first kappa shape index (κ1) is 25.0. The predicted octanol–water partition coefficient (Wildman–Crippen LogP) is 2.45. The molecule has 1 fully saturated rings. The van der Waals surface area contributed by atoms with Gasteiger partial charge in [-0.25, -0.2) is 9.18 Å². The number of anilines is 1. The van der Waals surface area contributed by atoms with Crippen molar-refractivity contribution in [2.75, 3.05) is 11.4 Å². The van der Waals surface area contributed by atoms with E-state index in [9.17, 15) is 14.4 Å². The number of nitrogens with zero attached hydrogens (tertiary/aromatic N) is 2. The van der Waals surface area contributed by atoms with Gasteiger partial charge in [0.05, 0.1) is 6.54 Å². The van der Waals surface area contributed by atoms with E-state index in [4.69, 9.17) is 16.2 Å². The summed E-state index contributed by atoms with van der Waals surface area (Å²) in [5, 5.41) is 3.05. The SMILES string of the molecule is CC(=O)[C@@H](N)C1CN(c2ccc(-c3ccc(C(NCc4ccncc4)C(N)=O)cc3F)cc2)C(=O)O1. The fourth-order valence-corrected chi connectivity index (χ4v) is 4.01. The standard InChI is InChI=1S/C26H26FN5O4/c1-15(33)23(28)22-14-32(26(35)36-22)19-5-2-17(3-6-19)20-7-4-18(12-21(20)27)24(25(29)34)31-13-16-8-10-30-11-9-16/h2-12,22-24,31H,13-14,28H2,1H3,(H2,29,34)/t22?,23-,24?/m1/s1. The van der Waals surface area contributed by atoms with Crippen LogP contribution in [-0.4, -0.2) is 41.5 Å². The summed E-state index contributed by atoms with van der Waals surface area (Å²) in [6, 6.07) is 13.0. The topological polar surface area (TPSA) is 141 Å². The lowest BCUT2D eigenvalue weighted by atomic mass is 9.99. The number of carbonyl (C=O) groups is 3. The van der Waals surface area contributed by atoms with Crippen LogP contribution in [0.5, 0.6) is 0 Å². The Kier molecular flexibility index (Phi) is 7.37. The van der Waals surface area contributed by atoms with Crippen LogP contribution in [0.25, 0.3) is 11.1 Å². The number of carbonyl (C=O) groups excluding carboxylic acids is 3. The molecular formula is C26H26FN5O4. The Labute approximate surface area is 207 Å². The number of hydrogen-bond donors (Lipinski definition) is 3. The molecule has 1 aliphatic rings. The van der Waals surface area contributed by atoms with Crippen LogP contribution in [-0.2, 0) is 20.9 Å². The summed E-state index contributed by atoms with van der Waals surface area (Å²) in [6.07, 6.45) is 1.95. The minimum absolute atomic E-state index is 0.142. The van der Waals surface area contributed by atoms with Gasteiger partial charge in [0, 0.05) is 30.2 Å². The monoisotopic (exact) mass is 491 g/mol. The summed E-state index contributed by atoms with van der Waals surface area (Å²) in [4.78, 5) is 41.1. The number of nitrogens with two attached hydrogens (primary N) is 2. The summed E-state index contributed by atoms with van der Waals surface area (Å²) in [7, 11) is 0. The second-order valence-corrected chi connectivity index (χ2v) is 8.53. The average Bonchev–Trinajstić information content (AvgIpc) is 3.25. The van der Waals surface area contributed by atoms with Crippen LogP contribution in [0, 0.1) is 5.82 Å². The maximum absolute atomic E-state index is 15.1. The van der Waals surface area contributed by atoms with E-state index >= 15 is 4.39 Å². The number of nitrogens with one attached hydrogen (secondary N) is 1. The van der Waals surface area contributed by atoms with Crippen LogP contribution >= 0.6 is 0 Å². The van der Waals surface area contributed by atoms with Crippen molar-refractivity contribution in [3.05, 3.63) is 83.9 Å². The van der Waals surface area contributed by atoms with E-state index in [2.05, 4.69) is 10.3 Å². The molecule has 2 heterocycles. The number of pyridine rings is 1. The van der Waals surface area contributed by atoms with E-state index in [0.29, 0.717) is 28.9 Å². The molecule has 1 saturated heterocycles. The lowest BCUT2D eigenvalue weighted by Crippen LogP contribution is -2.43. The van der Waals surface area contributed by atoms with Crippen molar-refractivity contribution >= 4 is 23.5 Å². The smallest absolute Gasteiger partial charge is 0.414 e. The molecule has 2 aromatic carbocycles. The molecule has 36 heavy (non-hydrogen) atoms. The van der Waals surface area contributed by atoms with Crippen LogP contribution in [0.2, 0.25) is 0 Å². The summed E-state index contributed by atoms with van der Waals surface area (Å²) in [5.41, 5.74) is 14.1. The number of amides is 2. The number of cyclic esters (lactones) is 1. The molecule has 1 aliphatic heterocycles. The Bertz CT molecular complexity index is 1270. The molecule has 0 saturated carbocycles. The van der Waals surface area contributed by atoms with E-state index in [-0.39, 0.29) is 12.3 Å². The summed E-state index contributed by atoms with van der Waals surface area (Å²) < 4.78 is 20.3. The van der Waals surface area contributed by atoms with Crippen LogP contribution in [0.3, 0.4) is 0 Å². The van der Waals surface area contributed by atoms with E-state index in [1.807, 2.05) is 0 Å². The highest BCUT2D eigenvalue weighted by molar-refractivity contribution is 5.92. The normalized spacial score (nSPS) is 16.9. The summed E-state index contributed by atoms with van der Waals surface area (Å²) >= 11 is 0. The molecule has 0 spiro atoms. The third kappa shape index (κ3) is 5.40. The molecule has 0 aliphatic carbocycles. The van der Waals surface area contributed by atoms with Gasteiger partial charge in [0.2, 0.25) is 5.91 Å². The molecule has 3 aromatic rings. The first-order valence-corrected chi connectivity index (χ1v) is 11.3. The molecule has 9 nitrogen and oxygen atoms in total. The van der Waals surface area contributed by atoms with Crippen molar-refractivity contribution < 1.29 is 23.5 Å². The minimum atomic E-state index is -0.894. The molecular weight excluding hydrogens is 465 g/mol. The van der Waals surface area contributed by atoms with Crippen LogP contribution in [0.4, 0.5) is 14.9 Å². The van der Waals surface area contributed by atoms with Crippen LogP contribution < -0.4 is 21.7 Å². The zero-order chi connectivity index (χ0) is 25.8. The van der Waals surface area contributed by atoms with Gasteiger partial charge < -0.3 is 16.2 Å². The molecule has 2 unspecified atom stereocenters. The van der Waals surface area contributed by atoms with Crippen molar-refractivity contribution in [1.82, 2.24) is 10.3 Å². The third-order valence-electron chi connectivity index (χ3n) is 6.07. The van der Waals surface area contributed by atoms with Gasteiger partial charge in [-0.2, -0.15) is 0 Å². The highest BCUT2D eigenvalue weighted by Crippen LogP contribution is 2.29. The van der Waals surface area contributed by atoms with Crippen molar-refractivity contribution in [3.8, 4) is 11.1 Å². The van der Waals surface area contributed by atoms with Crippen molar-refractivity contribution in [2.24, 2.45) is 11.5 Å². The fraction of sp³-hybridized carbons (Fsp3) is 0.231. The summed E-state index contributed by atoms with van der Waals surface area (Å²) in [6.45, 7) is 1.85. The number of Topliss-reactive ketones (excluding diaryl/α,β-unsaturated/α-hetero) is 1. The second kappa shape index (κ2) is 10.6. The Morgan fingerprint density at radius 1 is 1.17 bits per heavy atom. The Morgan fingerprint density at radius 3 is 2.47 bits per heavy atom. The maximum Gasteiger partial charge on any atom is 0.414 e. The molecule has 5 N–H and O–H groups in total. The number of rotatable bonds is 9. The number of primary amides is 1. The van der Waals surface area contributed by atoms with Gasteiger partial charge >= 0.3 is 6.09 Å². The summed E-state index contributed by atoms with van der Waals surface area (Å²) in [5.74, 6) is -1.42. The molecule has 0 radical (unpaired) electrons. The van der Waals surface area contributed by atoms with Gasteiger partial charge in [-0.3, -0.25) is 24.8 Å². The molecule has 2 amide bonds. The van der Waals surface area contributed by atoms with E-state index < -0.39 is 36.0 Å². The van der Waals surface area contributed by atoms with Crippen molar-refractivity contribution in [3.63, 3.8) is 0 Å². The molecule has 1 aromatic heterocycles. The molecule has 3 atom stereocenters. The van der Waals surface area contributed by atoms with Crippen molar-refractivity contribution in [2.45, 2.75) is 31.7 Å². The van der Waals surface area contributed by atoms with Gasteiger partial charge in [0.25, 0.3) is 0 Å². The van der Waals surface area contributed by atoms with Crippen molar-refractivity contribution in [1.29, 1.82) is 0 Å². The van der Waals surface area contributed by atoms with Crippen LogP contribution in [0.15, 0.2) is 67.0 Å². The number of halogens is 1. The van der Waals surface area contributed by atoms with Gasteiger partial charge in [-0.15, -0.1) is 0 Å². The van der Waals surface area contributed by atoms with Gasteiger partial charge in [-0.05, 0) is 53.9 Å².